The molecule has 0 unspecified atom stereocenters. The average Bonchev–Trinajstić information content (AvgIpc) is 2.94. The second-order valence-electron chi connectivity index (χ2n) is 6.40. The van der Waals surface area contributed by atoms with Crippen molar-refractivity contribution in [1.29, 1.82) is 0 Å². The molecule has 0 aliphatic carbocycles. The SMILES string of the molecule is Cc1ccc(C(=O)N2CCc3c([nH]c4ccccc34)C2)cc1C. The van der Waals surface area contributed by atoms with Crippen LogP contribution in [0.1, 0.15) is 32.7 Å². The van der Waals surface area contributed by atoms with E-state index in [2.05, 4.69) is 37.0 Å². The number of amides is 1. The van der Waals surface area contributed by atoms with Crippen LogP contribution in [-0.4, -0.2) is 22.3 Å². The Morgan fingerprint density at radius 1 is 1.09 bits per heavy atom. The maximum absolute atomic E-state index is 12.8. The number of hydrogen-bond donors (Lipinski definition) is 1. The number of hydrogen-bond acceptors (Lipinski definition) is 1. The maximum atomic E-state index is 12.8. The number of para-hydroxylation sites is 1. The van der Waals surface area contributed by atoms with Gasteiger partial charge in [0.15, 0.2) is 0 Å². The van der Waals surface area contributed by atoms with E-state index in [1.54, 1.807) is 0 Å². The lowest BCUT2D eigenvalue weighted by Gasteiger charge is -2.27. The molecule has 0 saturated carbocycles. The van der Waals surface area contributed by atoms with Gasteiger partial charge < -0.3 is 9.88 Å². The largest absolute Gasteiger partial charge is 0.357 e. The molecule has 4 rings (SSSR count). The van der Waals surface area contributed by atoms with Crippen LogP contribution in [-0.2, 0) is 13.0 Å². The molecule has 0 saturated heterocycles. The van der Waals surface area contributed by atoms with Crippen LogP contribution in [0.4, 0.5) is 0 Å². The van der Waals surface area contributed by atoms with Gasteiger partial charge in [-0.1, -0.05) is 24.3 Å². The quantitative estimate of drug-likeness (QED) is 0.725. The number of nitrogens with zero attached hydrogens (tertiary/aromatic N) is 1. The zero-order valence-electron chi connectivity index (χ0n) is 13.5. The third-order valence-corrected chi connectivity index (χ3v) is 4.92. The maximum Gasteiger partial charge on any atom is 0.254 e. The molecule has 0 atom stereocenters. The Morgan fingerprint density at radius 2 is 1.91 bits per heavy atom. The lowest BCUT2D eigenvalue weighted by Crippen LogP contribution is -2.35. The highest BCUT2D eigenvalue weighted by molar-refractivity contribution is 5.95. The molecule has 1 aromatic heterocycles. The fraction of sp³-hybridized carbons (Fsp3) is 0.250. The minimum absolute atomic E-state index is 0.123. The molecule has 3 heteroatoms. The molecule has 0 bridgehead atoms. The minimum Gasteiger partial charge on any atom is -0.357 e. The zero-order chi connectivity index (χ0) is 16.0. The van der Waals surface area contributed by atoms with Gasteiger partial charge in [-0.2, -0.15) is 0 Å². The Balaban J connectivity index is 1.64. The van der Waals surface area contributed by atoms with E-state index in [9.17, 15) is 4.79 Å². The van der Waals surface area contributed by atoms with E-state index >= 15 is 0 Å². The van der Waals surface area contributed by atoms with Crippen molar-refractivity contribution in [2.24, 2.45) is 0 Å². The molecular formula is C20H20N2O. The number of fused-ring (bicyclic) bond motifs is 3. The molecule has 0 spiro atoms. The summed E-state index contributed by atoms with van der Waals surface area (Å²) < 4.78 is 0. The summed E-state index contributed by atoms with van der Waals surface area (Å²) in [6, 6.07) is 14.3. The molecule has 0 radical (unpaired) electrons. The first-order valence-electron chi connectivity index (χ1n) is 8.08. The van der Waals surface area contributed by atoms with Crippen molar-refractivity contribution in [3.05, 3.63) is 70.4 Å². The van der Waals surface area contributed by atoms with Crippen LogP contribution < -0.4 is 0 Å². The van der Waals surface area contributed by atoms with Gasteiger partial charge >= 0.3 is 0 Å². The number of rotatable bonds is 1. The Morgan fingerprint density at radius 3 is 2.74 bits per heavy atom. The highest BCUT2D eigenvalue weighted by Crippen LogP contribution is 2.28. The van der Waals surface area contributed by atoms with Crippen LogP contribution in [0.2, 0.25) is 0 Å². The third-order valence-electron chi connectivity index (χ3n) is 4.92. The van der Waals surface area contributed by atoms with Crippen LogP contribution in [0.15, 0.2) is 42.5 Å². The van der Waals surface area contributed by atoms with E-state index in [1.165, 1.54) is 27.8 Å². The van der Waals surface area contributed by atoms with Crippen molar-refractivity contribution in [2.45, 2.75) is 26.8 Å². The Labute approximate surface area is 135 Å². The second-order valence-corrected chi connectivity index (χ2v) is 6.40. The van der Waals surface area contributed by atoms with Gasteiger partial charge in [0, 0.05) is 28.7 Å². The van der Waals surface area contributed by atoms with Crippen LogP contribution in [0.3, 0.4) is 0 Å². The van der Waals surface area contributed by atoms with Crippen molar-refractivity contribution in [1.82, 2.24) is 9.88 Å². The number of aromatic amines is 1. The van der Waals surface area contributed by atoms with Gasteiger partial charge in [-0.25, -0.2) is 0 Å². The molecule has 0 fully saturated rings. The third kappa shape index (κ3) is 2.33. The molecule has 2 aromatic carbocycles. The summed E-state index contributed by atoms with van der Waals surface area (Å²) >= 11 is 0. The lowest BCUT2D eigenvalue weighted by molar-refractivity contribution is 0.0733. The Hall–Kier alpha value is -2.55. The smallest absolute Gasteiger partial charge is 0.254 e. The molecule has 1 amide bonds. The molecule has 2 heterocycles. The number of H-pyrrole nitrogens is 1. The first-order valence-corrected chi connectivity index (χ1v) is 8.08. The van der Waals surface area contributed by atoms with E-state index in [0.717, 1.165) is 24.0 Å². The summed E-state index contributed by atoms with van der Waals surface area (Å²) in [4.78, 5) is 18.2. The van der Waals surface area contributed by atoms with Gasteiger partial charge in [0.05, 0.1) is 6.54 Å². The Bertz CT molecular complexity index is 907. The normalized spacial score (nSPS) is 14.1. The molecule has 3 nitrogen and oxygen atoms in total. The summed E-state index contributed by atoms with van der Waals surface area (Å²) in [7, 11) is 0. The van der Waals surface area contributed by atoms with Gasteiger partial charge in [-0.05, 0) is 55.2 Å². The van der Waals surface area contributed by atoms with E-state index in [4.69, 9.17) is 0 Å². The van der Waals surface area contributed by atoms with E-state index in [1.807, 2.05) is 29.2 Å². The van der Waals surface area contributed by atoms with E-state index in [-0.39, 0.29) is 5.91 Å². The fourth-order valence-corrected chi connectivity index (χ4v) is 3.42. The summed E-state index contributed by atoms with van der Waals surface area (Å²) in [5.74, 6) is 0.123. The van der Waals surface area contributed by atoms with Gasteiger partial charge in [0.2, 0.25) is 0 Å². The fourth-order valence-electron chi connectivity index (χ4n) is 3.42. The number of carbonyl (C=O) groups excluding carboxylic acids is 1. The summed E-state index contributed by atoms with van der Waals surface area (Å²) in [6.45, 7) is 5.57. The van der Waals surface area contributed by atoms with Crippen molar-refractivity contribution in [3.63, 3.8) is 0 Å². The molecule has 116 valence electrons. The predicted octanol–water partition coefficient (Wildman–Crippen LogP) is 3.98. The number of benzene rings is 2. The number of nitrogens with one attached hydrogen (secondary N) is 1. The highest BCUT2D eigenvalue weighted by atomic mass is 16.2. The Kier molecular flexibility index (Phi) is 3.22. The van der Waals surface area contributed by atoms with Crippen LogP contribution in [0, 0.1) is 13.8 Å². The molecular weight excluding hydrogens is 284 g/mol. The van der Waals surface area contributed by atoms with Gasteiger partial charge in [0.25, 0.3) is 5.91 Å². The molecule has 23 heavy (non-hydrogen) atoms. The van der Waals surface area contributed by atoms with Gasteiger partial charge in [-0.3, -0.25) is 4.79 Å². The topological polar surface area (TPSA) is 36.1 Å². The van der Waals surface area contributed by atoms with E-state index in [0.29, 0.717) is 6.54 Å². The lowest BCUT2D eigenvalue weighted by atomic mass is 10.0. The molecule has 3 aromatic rings. The van der Waals surface area contributed by atoms with Crippen molar-refractivity contribution in [3.8, 4) is 0 Å². The molecule has 1 aliphatic rings. The van der Waals surface area contributed by atoms with Gasteiger partial charge in [0.1, 0.15) is 0 Å². The first kappa shape index (κ1) is 14.1. The summed E-state index contributed by atoms with van der Waals surface area (Å²) in [6.07, 6.45) is 0.913. The number of aryl methyl sites for hydroxylation is 2. The van der Waals surface area contributed by atoms with Crippen molar-refractivity contribution < 1.29 is 4.79 Å². The highest BCUT2D eigenvalue weighted by Gasteiger charge is 2.24. The molecule has 1 aliphatic heterocycles. The minimum atomic E-state index is 0.123. The predicted molar refractivity (Wildman–Crippen MR) is 92.7 cm³/mol. The van der Waals surface area contributed by atoms with Crippen LogP contribution in [0.5, 0.6) is 0 Å². The van der Waals surface area contributed by atoms with Gasteiger partial charge in [-0.15, -0.1) is 0 Å². The molecule has 1 N–H and O–H groups in total. The summed E-state index contributed by atoms with van der Waals surface area (Å²) in [5, 5.41) is 1.29. The first-order chi connectivity index (χ1) is 11.1. The van der Waals surface area contributed by atoms with Crippen LogP contribution in [0.25, 0.3) is 10.9 Å². The van der Waals surface area contributed by atoms with Crippen molar-refractivity contribution >= 4 is 16.8 Å². The van der Waals surface area contributed by atoms with E-state index < -0.39 is 0 Å². The number of carbonyl (C=O) groups is 1. The van der Waals surface area contributed by atoms with Crippen LogP contribution >= 0.6 is 0 Å². The average molecular weight is 304 g/mol. The number of aromatic nitrogens is 1. The zero-order valence-corrected chi connectivity index (χ0v) is 13.5. The summed E-state index contributed by atoms with van der Waals surface area (Å²) in [5.41, 5.74) is 6.88. The monoisotopic (exact) mass is 304 g/mol. The van der Waals surface area contributed by atoms with Crippen molar-refractivity contribution in [2.75, 3.05) is 6.54 Å². The standard InChI is InChI=1S/C20H20N2O/c1-13-7-8-15(11-14(13)2)20(23)22-10-9-17-16-5-3-4-6-18(16)21-19(17)12-22/h3-8,11,21H,9-10,12H2,1-2H3. The second kappa shape index (κ2) is 5.27.